The highest BCUT2D eigenvalue weighted by Gasteiger charge is 2.24. The standard InChI is InChI=1S/C48H32N2.C42H28N2.C38H26N2/c1-2-10-33(11-3-1)34-24-28-40(29-25-34)49(44-19-7-13-36-12-4-5-18-43(36)44)41-30-26-35(27-31-41)39-16-6-17-42(32-39)50-45-20-8-14-37-22-23-38-15-9-21-46(50)48(38)47(37)45;1-2-15-34(16-3-1)43(38-19-7-11-30-10-4-5-18-37(30)38)35-26-24-29(25-27-35)33-14-6-17-36(28-33)44-39-20-8-12-31-22-23-32-13-9-21-40(44)42(32)41(31)39;1-3-13-31(14-4-1)39(32-15-5-2-6-16-32)33-24-22-27(23-25-33)30-12-7-17-34(26-30)40-35-18-8-10-28-20-21-29-11-9-19-36(40)38(29)37(28)35/h1-32H;1-28H;1-26H. The van der Waals surface area contributed by atoms with Crippen LogP contribution in [0.25, 0.3) is 181 Å². The van der Waals surface area contributed by atoms with E-state index in [0.717, 1.165) is 45.5 Å². The highest BCUT2D eigenvalue weighted by atomic mass is 15.2. The highest BCUT2D eigenvalue weighted by Crippen LogP contribution is 2.48. The number of rotatable bonds is 16. The van der Waals surface area contributed by atoms with Crippen molar-refractivity contribution in [1.29, 1.82) is 0 Å². The molecule has 0 radical (unpaired) electrons. The van der Waals surface area contributed by atoms with Gasteiger partial charge in [0.25, 0.3) is 0 Å². The zero-order chi connectivity index (χ0) is 88.5. The molecule has 134 heavy (non-hydrogen) atoms. The molecule has 6 heteroatoms. The van der Waals surface area contributed by atoms with Crippen molar-refractivity contribution in [2.24, 2.45) is 0 Å². The minimum absolute atomic E-state index is 1.11. The molecule has 0 aliphatic carbocycles. The van der Waals surface area contributed by atoms with Crippen LogP contribution in [0.1, 0.15) is 0 Å². The van der Waals surface area contributed by atoms with Crippen molar-refractivity contribution in [1.82, 2.24) is 13.7 Å². The van der Waals surface area contributed by atoms with Gasteiger partial charge in [0.15, 0.2) is 0 Å². The van der Waals surface area contributed by atoms with E-state index in [1.807, 2.05) is 0 Å². The number of benzene rings is 24. The van der Waals surface area contributed by atoms with Crippen LogP contribution in [0.5, 0.6) is 0 Å². The second-order valence-corrected chi connectivity index (χ2v) is 34.7. The summed E-state index contributed by atoms with van der Waals surface area (Å²) in [5.41, 5.74) is 30.8. The van der Waals surface area contributed by atoms with E-state index in [1.165, 1.54) is 187 Å². The lowest BCUT2D eigenvalue weighted by Gasteiger charge is -2.27. The third kappa shape index (κ3) is 13.8. The third-order valence-electron chi connectivity index (χ3n) is 27.0. The predicted molar refractivity (Wildman–Crippen MR) is 569 cm³/mol. The van der Waals surface area contributed by atoms with Crippen molar-refractivity contribution in [3.63, 3.8) is 0 Å². The first kappa shape index (κ1) is 78.4. The molecule has 0 saturated heterocycles. The fourth-order valence-corrected chi connectivity index (χ4v) is 20.8. The minimum atomic E-state index is 1.11. The maximum Gasteiger partial charge on any atom is 0.0547 e. The van der Waals surface area contributed by atoms with Crippen LogP contribution in [0.15, 0.2) is 522 Å². The van der Waals surface area contributed by atoms with Crippen LogP contribution >= 0.6 is 0 Å². The topological polar surface area (TPSA) is 24.5 Å². The van der Waals surface area contributed by atoms with Crippen molar-refractivity contribution in [3.8, 4) is 61.6 Å². The first-order chi connectivity index (χ1) is 66.5. The van der Waals surface area contributed by atoms with E-state index in [4.69, 9.17) is 0 Å². The lowest BCUT2D eigenvalue weighted by Crippen LogP contribution is -2.10. The molecular weight excluding hydrogens is 1620 g/mol. The van der Waals surface area contributed by atoms with Crippen molar-refractivity contribution in [2.45, 2.75) is 0 Å². The van der Waals surface area contributed by atoms with Crippen LogP contribution < -0.4 is 14.7 Å². The van der Waals surface area contributed by atoms with Gasteiger partial charge in [-0.15, -0.1) is 0 Å². The summed E-state index contributed by atoms with van der Waals surface area (Å²) >= 11 is 0. The van der Waals surface area contributed by atoms with E-state index >= 15 is 0 Å². The zero-order valence-electron chi connectivity index (χ0n) is 73.3. The molecule has 3 heterocycles. The molecule has 0 aliphatic rings. The molecule has 24 aromatic carbocycles. The predicted octanol–water partition coefficient (Wildman–Crippen LogP) is 35.5. The second kappa shape index (κ2) is 33.3. The fourth-order valence-electron chi connectivity index (χ4n) is 20.8. The molecular formula is C128H86N6. The quantitative estimate of drug-likeness (QED) is 0.0901. The molecule has 628 valence electrons. The second-order valence-electron chi connectivity index (χ2n) is 34.7. The van der Waals surface area contributed by atoms with Crippen LogP contribution in [0.2, 0.25) is 0 Å². The van der Waals surface area contributed by atoms with Crippen LogP contribution in [0, 0.1) is 0 Å². The average Bonchev–Trinajstić information content (AvgIpc) is 1.57. The molecule has 0 fully saturated rings. The molecule has 0 amide bonds. The first-order valence-electron chi connectivity index (χ1n) is 46.0. The SMILES string of the molecule is c1ccc(-c2ccc(N(c3ccc(-c4cccc(-n5c6cccc7ccc8cccc5c8c76)c4)cc3)c3cccc4ccccc34)cc2)cc1.c1ccc(N(c2ccc(-c3cccc(-n4c5cccc6ccc7cccc4c7c65)c3)cc2)c2cccc3ccccc23)cc1.c1ccc(N(c2ccccc2)c2ccc(-c3cccc(-n4c5cccc6ccc7cccc4c7c65)c3)cc2)cc1. The number of hydrogen-bond donors (Lipinski definition) is 0. The average molecular weight is 1710 g/mol. The van der Waals surface area contributed by atoms with E-state index in [2.05, 4.69) is 550 Å². The molecule has 0 N–H and O–H groups in total. The van der Waals surface area contributed by atoms with E-state index in [0.29, 0.717) is 0 Å². The van der Waals surface area contributed by atoms with Crippen molar-refractivity contribution in [3.05, 3.63) is 522 Å². The fraction of sp³-hybridized carbons (Fsp3) is 0. The molecule has 0 unspecified atom stereocenters. The van der Waals surface area contributed by atoms with E-state index < -0.39 is 0 Å². The number of para-hydroxylation sites is 3. The zero-order valence-corrected chi connectivity index (χ0v) is 73.3. The summed E-state index contributed by atoms with van der Waals surface area (Å²) in [4.78, 5) is 7.02. The normalized spacial score (nSPS) is 11.6. The minimum Gasteiger partial charge on any atom is -0.311 e. The van der Waals surface area contributed by atoms with E-state index in [9.17, 15) is 0 Å². The summed E-state index contributed by atoms with van der Waals surface area (Å²) in [5.74, 6) is 0. The van der Waals surface area contributed by atoms with Gasteiger partial charge in [0.1, 0.15) is 0 Å². The maximum absolute atomic E-state index is 2.42. The van der Waals surface area contributed by atoms with Gasteiger partial charge in [-0.3, -0.25) is 0 Å². The Hall–Kier alpha value is -17.8. The Bertz CT molecular complexity index is 8720. The summed E-state index contributed by atoms with van der Waals surface area (Å²) in [5, 5.41) is 20.6. The number of hydrogen-bond acceptors (Lipinski definition) is 3. The molecule has 27 aromatic rings. The molecule has 27 rings (SSSR count). The highest BCUT2D eigenvalue weighted by molar-refractivity contribution is 6.27. The summed E-state index contributed by atoms with van der Waals surface area (Å²) in [6.45, 7) is 0. The first-order valence-corrected chi connectivity index (χ1v) is 46.0. The van der Waals surface area contributed by atoms with Gasteiger partial charge in [-0.25, -0.2) is 0 Å². The Balaban J connectivity index is 0.000000108. The lowest BCUT2D eigenvalue weighted by molar-refractivity contribution is 1.18. The molecule has 0 atom stereocenters. The molecule has 6 nitrogen and oxygen atoms in total. The van der Waals surface area contributed by atoms with Crippen molar-refractivity contribution in [2.75, 3.05) is 14.7 Å². The van der Waals surface area contributed by atoms with Gasteiger partial charge in [0.05, 0.1) is 44.5 Å². The Morgan fingerprint density at radius 1 is 0.127 bits per heavy atom. The molecule has 3 aromatic heterocycles. The van der Waals surface area contributed by atoms with Gasteiger partial charge in [-0.1, -0.05) is 352 Å². The largest absolute Gasteiger partial charge is 0.311 e. The molecule has 0 spiro atoms. The number of nitrogens with zero attached hydrogens (tertiary/aromatic N) is 6. The van der Waals surface area contributed by atoms with Gasteiger partial charge in [-0.05, 0) is 257 Å². The van der Waals surface area contributed by atoms with Gasteiger partial charge < -0.3 is 28.4 Å². The number of aromatic nitrogens is 3. The van der Waals surface area contributed by atoms with Gasteiger partial charge in [-0.2, -0.15) is 0 Å². The lowest BCUT2D eigenvalue weighted by atomic mass is 10.0. The van der Waals surface area contributed by atoms with Crippen molar-refractivity contribution >= 4 is 170 Å². The van der Waals surface area contributed by atoms with Crippen LogP contribution in [0.4, 0.5) is 51.2 Å². The molecule has 0 saturated carbocycles. The Morgan fingerprint density at radius 2 is 0.328 bits per heavy atom. The van der Waals surface area contributed by atoms with Crippen LogP contribution in [-0.2, 0) is 0 Å². The van der Waals surface area contributed by atoms with Gasteiger partial charge >= 0.3 is 0 Å². The summed E-state index contributed by atoms with van der Waals surface area (Å²) < 4.78 is 7.25. The number of anilines is 9. The molecule has 0 aliphatic heterocycles. The monoisotopic (exact) mass is 1710 g/mol. The Kier molecular flexibility index (Phi) is 19.5. The van der Waals surface area contributed by atoms with Gasteiger partial charge in [0, 0.05) is 100.0 Å². The summed E-state index contributed by atoms with van der Waals surface area (Å²) in [7, 11) is 0. The van der Waals surface area contributed by atoms with E-state index in [1.54, 1.807) is 0 Å². The summed E-state index contributed by atoms with van der Waals surface area (Å²) in [6.07, 6.45) is 0. The molecule has 0 bridgehead atoms. The maximum atomic E-state index is 2.42. The Labute approximate surface area is 776 Å². The van der Waals surface area contributed by atoms with Crippen molar-refractivity contribution < 1.29 is 0 Å². The van der Waals surface area contributed by atoms with Crippen LogP contribution in [0.3, 0.4) is 0 Å². The van der Waals surface area contributed by atoms with Crippen LogP contribution in [-0.4, -0.2) is 13.7 Å². The summed E-state index contributed by atoms with van der Waals surface area (Å²) in [6, 6.07) is 188. The third-order valence-corrected chi connectivity index (χ3v) is 27.0. The van der Waals surface area contributed by atoms with Gasteiger partial charge in [0.2, 0.25) is 0 Å². The smallest absolute Gasteiger partial charge is 0.0547 e. The van der Waals surface area contributed by atoms with E-state index in [-0.39, 0.29) is 0 Å². The Morgan fingerprint density at radius 3 is 0.627 bits per heavy atom. The number of fused-ring (bicyclic) bond motifs is 2.